The molecule has 1 aromatic heterocycles. The number of nitrogens with zero attached hydrogens (tertiary/aromatic N) is 4. The molecule has 140 valence electrons. The molecule has 2 fully saturated rings. The summed E-state index contributed by atoms with van der Waals surface area (Å²) in [5.41, 5.74) is 0. The Morgan fingerprint density at radius 1 is 1.36 bits per heavy atom. The lowest BCUT2D eigenvalue weighted by Gasteiger charge is -2.32. The number of rotatable bonds is 5. The minimum atomic E-state index is -3.77. The Morgan fingerprint density at radius 2 is 2.08 bits per heavy atom. The number of hydrogen-bond donors (Lipinski definition) is 2. The number of aryl methyl sites for hydroxylation is 2. The first kappa shape index (κ1) is 18.3. The van der Waals surface area contributed by atoms with E-state index in [2.05, 4.69) is 19.9 Å². The Balaban J connectivity index is 1.52. The van der Waals surface area contributed by atoms with Gasteiger partial charge in [0.05, 0.1) is 6.54 Å². The molecule has 25 heavy (non-hydrogen) atoms. The van der Waals surface area contributed by atoms with E-state index in [1.54, 1.807) is 23.4 Å². The molecule has 9 nitrogen and oxygen atoms in total. The van der Waals surface area contributed by atoms with Gasteiger partial charge in [-0.05, 0) is 13.3 Å². The van der Waals surface area contributed by atoms with E-state index in [9.17, 15) is 13.2 Å². The van der Waals surface area contributed by atoms with Crippen LogP contribution in [0.4, 0.5) is 0 Å². The molecule has 1 aromatic rings. The summed E-state index contributed by atoms with van der Waals surface area (Å²) in [4.78, 5) is 20.5. The monoisotopic (exact) mass is 370 g/mol. The maximum atomic E-state index is 12.4. The predicted molar refractivity (Wildman–Crippen MR) is 92.6 cm³/mol. The largest absolute Gasteiger partial charge is 0.340 e. The molecule has 1 amide bonds. The third kappa shape index (κ3) is 4.20. The second kappa shape index (κ2) is 7.40. The Labute approximate surface area is 148 Å². The van der Waals surface area contributed by atoms with Gasteiger partial charge in [-0.2, -0.15) is 0 Å². The Morgan fingerprint density at radius 3 is 2.72 bits per heavy atom. The van der Waals surface area contributed by atoms with E-state index < -0.39 is 10.0 Å². The third-order valence-corrected chi connectivity index (χ3v) is 6.23. The fourth-order valence-corrected chi connectivity index (χ4v) is 4.32. The number of carbonyl (C=O) groups is 1. The van der Waals surface area contributed by atoms with E-state index in [0.29, 0.717) is 25.0 Å². The van der Waals surface area contributed by atoms with Crippen LogP contribution in [0.1, 0.15) is 12.2 Å². The standard InChI is InChI=1S/C15H26N6O3S/c1-12-18-14(11-19(12)2)25(23,24)17-9-15(22)21-6-3-13(10-21)20-7-4-16-5-8-20/h11,13,16-17H,3-10H2,1-2H3. The van der Waals surface area contributed by atoms with Crippen LogP contribution in [0.25, 0.3) is 0 Å². The van der Waals surface area contributed by atoms with Gasteiger partial charge in [0.2, 0.25) is 5.91 Å². The fourth-order valence-electron chi connectivity index (χ4n) is 3.31. The molecule has 2 saturated heterocycles. The van der Waals surface area contributed by atoms with Gasteiger partial charge in [0, 0.05) is 58.6 Å². The van der Waals surface area contributed by atoms with Crippen molar-refractivity contribution in [1.82, 2.24) is 29.4 Å². The molecule has 0 aliphatic carbocycles. The topological polar surface area (TPSA) is 99.6 Å². The van der Waals surface area contributed by atoms with Crippen molar-refractivity contribution in [1.29, 1.82) is 0 Å². The molecule has 10 heteroatoms. The van der Waals surface area contributed by atoms with Crippen LogP contribution in [0.2, 0.25) is 0 Å². The van der Waals surface area contributed by atoms with Crippen LogP contribution in [0.3, 0.4) is 0 Å². The average molecular weight is 370 g/mol. The second-order valence-electron chi connectivity index (χ2n) is 6.63. The summed E-state index contributed by atoms with van der Waals surface area (Å²) < 4.78 is 28.5. The van der Waals surface area contributed by atoms with Gasteiger partial charge in [0.25, 0.3) is 10.0 Å². The highest BCUT2D eigenvalue weighted by Gasteiger charge is 2.31. The first-order chi connectivity index (χ1) is 11.9. The second-order valence-corrected chi connectivity index (χ2v) is 8.34. The summed E-state index contributed by atoms with van der Waals surface area (Å²) in [5, 5.41) is 3.27. The molecule has 3 rings (SSSR count). The maximum Gasteiger partial charge on any atom is 0.260 e. The minimum Gasteiger partial charge on any atom is -0.340 e. The van der Waals surface area contributed by atoms with Gasteiger partial charge in [0.1, 0.15) is 5.82 Å². The Hall–Kier alpha value is -1.49. The van der Waals surface area contributed by atoms with Crippen molar-refractivity contribution < 1.29 is 13.2 Å². The van der Waals surface area contributed by atoms with Gasteiger partial charge in [-0.25, -0.2) is 18.1 Å². The normalized spacial score (nSPS) is 22.5. The molecule has 0 radical (unpaired) electrons. The van der Waals surface area contributed by atoms with E-state index in [1.165, 1.54) is 6.20 Å². The van der Waals surface area contributed by atoms with E-state index in [-0.39, 0.29) is 17.5 Å². The highest BCUT2D eigenvalue weighted by molar-refractivity contribution is 7.89. The lowest BCUT2D eigenvalue weighted by atomic mass is 10.2. The number of nitrogens with one attached hydrogen (secondary N) is 2. The summed E-state index contributed by atoms with van der Waals surface area (Å²) >= 11 is 0. The summed E-state index contributed by atoms with van der Waals surface area (Å²) in [7, 11) is -2.04. The van der Waals surface area contributed by atoms with Gasteiger partial charge in [0.15, 0.2) is 5.03 Å². The highest BCUT2D eigenvalue weighted by atomic mass is 32.2. The molecule has 1 atom stereocenters. The van der Waals surface area contributed by atoms with Crippen LogP contribution in [0, 0.1) is 6.92 Å². The fraction of sp³-hybridized carbons (Fsp3) is 0.733. The van der Waals surface area contributed by atoms with Gasteiger partial charge >= 0.3 is 0 Å². The third-order valence-electron chi connectivity index (χ3n) is 4.96. The van der Waals surface area contributed by atoms with Crippen molar-refractivity contribution >= 4 is 15.9 Å². The van der Waals surface area contributed by atoms with Crippen molar-refractivity contribution in [3.8, 4) is 0 Å². The number of sulfonamides is 1. The molecule has 2 aliphatic heterocycles. The number of hydrogen-bond acceptors (Lipinski definition) is 6. The molecule has 3 heterocycles. The first-order valence-corrected chi connectivity index (χ1v) is 10.1. The SMILES string of the molecule is Cc1nc(S(=O)(=O)NCC(=O)N2CCC(N3CCNCC3)C2)cn1C. The Kier molecular flexibility index (Phi) is 5.42. The molecule has 0 aromatic carbocycles. The number of carbonyl (C=O) groups excluding carboxylic acids is 1. The Bertz CT molecular complexity index is 706. The number of amides is 1. The zero-order valence-corrected chi connectivity index (χ0v) is 15.5. The summed E-state index contributed by atoms with van der Waals surface area (Å²) in [6, 6.07) is 0.376. The summed E-state index contributed by atoms with van der Waals surface area (Å²) in [6.07, 6.45) is 2.39. The maximum absolute atomic E-state index is 12.4. The first-order valence-electron chi connectivity index (χ1n) is 8.59. The molecular weight excluding hydrogens is 344 g/mol. The zero-order valence-electron chi connectivity index (χ0n) is 14.7. The van der Waals surface area contributed by atoms with Crippen LogP contribution >= 0.6 is 0 Å². The van der Waals surface area contributed by atoms with Crippen molar-refractivity contribution in [3.05, 3.63) is 12.0 Å². The van der Waals surface area contributed by atoms with Crippen molar-refractivity contribution in [2.75, 3.05) is 45.8 Å². The summed E-state index contributed by atoms with van der Waals surface area (Å²) in [6.45, 7) is 6.80. The number of imidazole rings is 1. The van der Waals surface area contributed by atoms with Crippen LogP contribution in [-0.2, 0) is 21.9 Å². The van der Waals surface area contributed by atoms with Gasteiger partial charge in [-0.3, -0.25) is 9.69 Å². The number of aromatic nitrogens is 2. The quantitative estimate of drug-likeness (QED) is 0.655. The number of piperazine rings is 1. The van der Waals surface area contributed by atoms with E-state index >= 15 is 0 Å². The zero-order chi connectivity index (χ0) is 18.0. The molecule has 2 N–H and O–H groups in total. The average Bonchev–Trinajstić information content (AvgIpc) is 3.22. The molecule has 0 spiro atoms. The van der Waals surface area contributed by atoms with E-state index in [0.717, 1.165) is 32.6 Å². The van der Waals surface area contributed by atoms with Crippen molar-refractivity contribution in [2.45, 2.75) is 24.4 Å². The van der Waals surface area contributed by atoms with Crippen LogP contribution in [-0.4, -0.2) is 85.5 Å². The van der Waals surface area contributed by atoms with E-state index in [1.807, 2.05) is 0 Å². The predicted octanol–water partition coefficient (Wildman–Crippen LogP) is -1.49. The number of likely N-dealkylation sites (tertiary alicyclic amines) is 1. The lowest BCUT2D eigenvalue weighted by molar-refractivity contribution is -0.129. The molecule has 0 saturated carbocycles. The van der Waals surface area contributed by atoms with Crippen molar-refractivity contribution in [2.24, 2.45) is 7.05 Å². The highest BCUT2D eigenvalue weighted by Crippen LogP contribution is 2.16. The molecule has 1 unspecified atom stereocenters. The van der Waals surface area contributed by atoms with Crippen LogP contribution < -0.4 is 10.0 Å². The molecule has 0 bridgehead atoms. The van der Waals surface area contributed by atoms with Crippen LogP contribution in [0.5, 0.6) is 0 Å². The van der Waals surface area contributed by atoms with Crippen LogP contribution in [0.15, 0.2) is 11.2 Å². The van der Waals surface area contributed by atoms with Gasteiger partial charge in [-0.1, -0.05) is 0 Å². The van der Waals surface area contributed by atoms with Crippen molar-refractivity contribution in [3.63, 3.8) is 0 Å². The molecule has 2 aliphatic rings. The summed E-state index contributed by atoms with van der Waals surface area (Å²) in [5.74, 6) is 0.416. The molecular formula is C15H26N6O3S. The van der Waals surface area contributed by atoms with E-state index in [4.69, 9.17) is 0 Å². The van der Waals surface area contributed by atoms with Gasteiger partial charge in [-0.15, -0.1) is 0 Å². The lowest BCUT2D eigenvalue weighted by Crippen LogP contribution is -2.49. The van der Waals surface area contributed by atoms with Gasteiger partial charge < -0.3 is 14.8 Å². The minimum absolute atomic E-state index is 0.0552. The smallest absolute Gasteiger partial charge is 0.260 e.